The SMILES string of the molecule is CCCc1c(C(=O)N(CC)CC(=O)O)cnn1-c1ccccc1. The third-order valence-corrected chi connectivity index (χ3v) is 3.58. The summed E-state index contributed by atoms with van der Waals surface area (Å²) >= 11 is 0. The van der Waals surface area contributed by atoms with E-state index in [1.807, 2.05) is 37.3 Å². The molecule has 0 spiro atoms. The fraction of sp³-hybridized carbons (Fsp3) is 0.353. The average Bonchev–Trinajstić information content (AvgIpc) is 2.96. The topological polar surface area (TPSA) is 75.4 Å². The molecular weight excluding hydrogens is 294 g/mol. The minimum atomic E-state index is -1.02. The van der Waals surface area contributed by atoms with E-state index in [0.717, 1.165) is 17.8 Å². The van der Waals surface area contributed by atoms with Crippen molar-refractivity contribution in [2.75, 3.05) is 13.1 Å². The summed E-state index contributed by atoms with van der Waals surface area (Å²) in [5.74, 6) is -1.31. The molecule has 122 valence electrons. The second-order valence-corrected chi connectivity index (χ2v) is 5.22. The van der Waals surface area contributed by atoms with Crippen LogP contribution in [0.3, 0.4) is 0 Å². The average molecular weight is 315 g/mol. The predicted octanol–water partition coefficient (Wildman–Crippen LogP) is 2.37. The third-order valence-electron chi connectivity index (χ3n) is 3.58. The van der Waals surface area contributed by atoms with Crippen molar-refractivity contribution in [2.24, 2.45) is 0 Å². The summed E-state index contributed by atoms with van der Waals surface area (Å²) in [6.07, 6.45) is 3.09. The lowest BCUT2D eigenvalue weighted by atomic mass is 10.1. The Hall–Kier alpha value is -2.63. The Morgan fingerprint density at radius 1 is 1.22 bits per heavy atom. The first kappa shape index (κ1) is 16.7. The molecular formula is C17H21N3O3. The molecule has 0 saturated heterocycles. The molecule has 1 amide bonds. The molecule has 0 aliphatic carbocycles. The number of carboxylic acid groups (broad SMARTS) is 1. The van der Waals surface area contributed by atoms with Crippen molar-refractivity contribution in [3.8, 4) is 5.69 Å². The highest BCUT2D eigenvalue weighted by molar-refractivity contribution is 5.96. The molecule has 0 fully saturated rings. The minimum absolute atomic E-state index is 0.291. The molecule has 1 aromatic carbocycles. The molecule has 0 bridgehead atoms. The molecule has 0 aliphatic rings. The summed E-state index contributed by atoms with van der Waals surface area (Å²) in [4.78, 5) is 24.9. The van der Waals surface area contributed by atoms with Gasteiger partial charge in [0.25, 0.3) is 5.91 Å². The van der Waals surface area contributed by atoms with Crippen molar-refractivity contribution in [3.63, 3.8) is 0 Å². The van der Waals surface area contributed by atoms with E-state index < -0.39 is 5.97 Å². The molecule has 1 heterocycles. The van der Waals surface area contributed by atoms with Gasteiger partial charge >= 0.3 is 5.97 Å². The van der Waals surface area contributed by atoms with Crippen LogP contribution >= 0.6 is 0 Å². The quantitative estimate of drug-likeness (QED) is 0.851. The first-order chi connectivity index (χ1) is 11.1. The number of amides is 1. The Balaban J connectivity index is 2.41. The molecule has 1 N–H and O–H groups in total. The van der Waals surface area contributed by atoms with Crippen LogP contribution in [-0.4, -0.2) is 44.8 Å². The number of carbonyl (C=O) groups is 2. The van der Waals surface area contributed by atoms with Gasteiger partial charge in [-0.2, -0.15) is 5.10 Å². The zero-order valence-corrected chi connectivity index (χ0v) is 13.4. The van der Waals surface area contributed by atoms with Gasteiger partial charge in [0.1, 0.15) is 6.54 Å². The van der Waals surface area contributed by atoms with Crippen molar-refractivity contribution >= 4 is 11.9 Å². The van der Waals surface area contributed by atoms with Crippen molar-refractivity contribution < 1.29 is 14.7 Å². The van der Waals surface area contributed by atoms with Crippen LogP contribution in [-0.2, 0) is 11.2 Å². The lowest BCUT2D eigenvalue weighted by Gasteiger charge is -2.18. The zero-order chi connectivity index (χ0) is 16.8. The Labute approximate surface area is 135 Å². The van der Waals surface area contributed by atoms with E-state index in [2.05, 4.69) is 5.10 Å². The van der Waals surface area contributed by atoms with E-state index >= 15 is 0 Å². The number of hydrogen-bond acceptors (Lipinski definition) is 3. The van der Waals surface area contributed by atoms with E-state index in [0.29, 0.717) is 18.5 Å². The maximum atomic E-state index is 12.7. The summed E-state index contributed by atoms with van der Waals surface area (Å²) < 4.78 is 1.76. The Morgan fingerprint density at radius 2 is 1.91 bits per heavy atom. The summed E-state index contributed by atoms with van der Waals surface area (Å²) in [6, 6.07) is 9.60. The summed E-state index contributed by atoms with van der Waals surface area (Å²) in [5.41, 5.74) is 2.17. The lowest BCUT2D eigenvalue weighted by molar-refractivity contribution is -0.137. The van der Waals surface area contributed by atoms with Gasteiger partial charge in [-0.1, -0.05) is 31.5 Å². The fourth-order valence-electron chi connectivity index (χ4n) is 2.48. The van der Waals surface area contributed by atoms with E-state index in [1.165, 1.54) is 11.1 Å². The summed E-state index contributed by atoms with van der Waals surface area (Å²) in [6.45, 7) is 3.83. The van der Waals surface area contributed by atoms with Gasteiger partial charge in [-0.25, -0.2) is 4.68 Å². The van der Waals surface area contributed by atoms with Crippen LogP contribution in [0.1, 0.15) is 36.3 Å². The van der Waals surface area contributed by atoms with Crippen molar-refractivity contribution in [1.29, 1.82) is 0 Å². The van der Waals surface area contributed by atoms with Crippen molar-refractivity contribution in [2.45, 2.75) is 26.7 Å². The number of likely N-dealkylation sites (N-methyl/N-ethyl adjacent to an activating group) is 1. The molecule has 1 aromatic heterocycles. The lowest BCUT2D eigenvalue weighted by Crippen LogP contribution is -2.35. The number of aromatic nitrogens is 2. The fourth-order valence-corrected chi connectivity index (χ4v) is 2.48. The number of benzene rings is 1. The van der Waals surface area contributed by atoms with Gasteiger partial charge in [-0.3, -0.25) is 9.59 Å². The van der Waals surface area contributed by atoms with Crippen molar-refractivity contribution in [3.05, 3.63) is 47.8 Å². The highest BCUT2D eigenvalue weighted by Gasteiger charge is 2.23. The second kappa shape index (κ2) is 7.58. The van der Waals surface area contributed by atoms with E-state index in [-0.39, 0.29) is 12.5 Å². The Bertz CT molecular complexity index is 680. The monoisotopic (exact) mass is 315 g/mol. The van der Waals surface area contributed by atoms with Gasteiger partial charge in [0, 0.05) is 6.54 Å². The molecule has 0 atom stereocenters. The second-order valence-electron chi connectivity index (χ2n) is 5.22. The number of hydrogen-bond donors (Lipinski definition) is 1. The number of nitrogens with zero attached hydrogens (tertiary/aromatic N) is 3. The van der Waals surface area contributed by atoms with Gasteiger partial charge in [0.15, 0.2) is 0 Å². The summed E-state index contributed by atoms with van der Waals surface area (Å²) in [5, 5.41) is 13.3. The number of aliphatic carboxylic acids is 1. The number of para-hydroxylation sites is 1. The molecule has 0 aliphatic heterocycles. The van der Waals surface area contributed by atoms with Crippen LogP contribution < -0.4 is 0 Å². The zero-order valence-electron chi connectivity index (χ0n) is 13.4. The van der Waals surface area contributed by atoms with E-state index in [9.17, 15) is 9.59 Å². The first-order valence-corrected chi connectivity index (χ1v) is 7.71. The van der Waals surface area contributed by atoms with Gasteiger partial charge in [-0.15, -0.1) is 0 Å². The largest absolute Gasteiger partial charge is 0.480 e. The number of rotatable bonds is 7. The summed E-state index contributed by atoms with van der Waals surface area (Å²) in [7, 11) is 0. The normalized spacial score (nSPS) is 10.5. The number of carbonyl (C=O) groups excluding carboxylic acids is 1. The standard InChI is InChI=1S/C17H21N3O3/c1-3-8-15-14(17(23)19(4-2)12-16(21)22)11-18-20(15)13-9-6-5-7-10-13/h5-7,9-11H,3-4,8,12H2,1-2H3,(H,21,22). The molecule has 0 radical (unpaired) electrons. The van der Waals surface area contributed by atoms with Gasteiger partial charge in [-0.05, 0) is 25.5 Å². The third kappa shape index (κ3) is 3.77. The van der Waals surface area contributed by atoms with E-state index in [1.54, 1.807) is 11.6 Å². The van der Waals surface area contributed by atoms with Crippen LogP contribution in [0.2, 0.25) is 0 Å². The van der Waals surface area contributed by atoms with Gasteiger partial charge < -0.3 is 10.0 Å². The maximum absolute atomic E-state index is 12.7. The van der Waals surface area contributed by atoms with Crippen LogP contribution in [0.15, 0.2) is 36.5 Å². The maximum Gasteiger partial charge on any atom is 0.323 e. The first-order valence-electron chi connectivity index (χ1n) is 7.71. The number of carboxylic acids is 1. The van der Waals surface area contributed by atoms with Crippen LogP contribution in [0.5, 0.6) is 0 Å². The molecule has 0 unspecified atom stereocenters. The Kier molecular flexibility index (Phi) is 5.51. The van der Waals surface area contributed by atoms with E-state index in [4.69, 9.17) is 5.11 Å². The molecule has 2 aromatic rings. The minimum Gasteiger partial charge on any atom is -0.480 e. The van der Waals surface area contributed by atoms with Crippen LogP contribution in [0, 0.1) is 0 Å². The smallest absolute Gasteiger partial charge is 0.323 e. The highest BCUT2D eigenvalue weighted by atomic mass is 16.4. The molecule has 2 rings (SSSR count). The highest BCUT2D eigenvalue weighted by Crippen LogP contribution is 2.18. The molecule has 6 heteroatoms. The molecule has 23 heavy (non-hydrogen) atoms. The predicted molar refractivity (Wildman–Crippen MR) is 86.8 cm³/mol. The molecule has 6 nitrogen and oxygen atoms in total. The van der Waals surface area contributed by atoms with Gasteiger partial charge in [0.05, 0.1) is 23.1 Å². The van der Waals surface area contributed by atoms with Crippen LogP contribution in [0.4, 0.5) is 0 Å². The van der Waals surface area contributed by atoms with Crippen molar-refractivity contribution in [1.82, 2.24) is 14.7 Å². The molecule has 0 saturated carbocycles. The van der Waals surface area contributed by atoms with Gasteiger partial charge in [0.2, 0.25) is 0 Å². The Morgan fingerprint density at radius 3 is 2.48 bits per heavy atom. The van der Waals surface area contributed by atoms with Crippen LogP contribution in [0.25, 0.3) is 5.69 Å².